The van der Waals surface area contributed by atoms with E-state index in [-0.39, 0.29) is 12.1 Å². The van der Waals surface area contributed by atoms with E-state index in [2.05, 4.69) is 5.32 Å². The van der Waals surface area contributed by atoms with Crippen molar-refractivity contribution < 1.29 is 13.5 Å². The number of halogens is 2. The van der Waals surface area contributed by atoms with Gasteiger partial charge >= 0.3 is 0 Å². The van der Waals surface area contributed by atoms with Gasteiger partial charge in [-0.25, -0.2) is 8.78 Å². The van der Waals surface area contributed by atoms with Gasteiger partial charge in [-0.05, 0) is 43.5 Å². The Kier molecular flexibility index (Phi) is 3.54. The topological polar surface area (TPSA) is 21.3 Å². The average Bonchev–Trinajstić information content (AvgIpc) is 3.02. The van der Waals surface area contributed by atoms with Gasteiger partial charge in [-0.1, -0.05) is 13.0 Å². The zero-order valence-electron chi connectivity index (χ0n) is 11.0. The highest BCUT2D eigenvalue weighted by Gasteiger charge is 2.44. The highest BCUT2D eigenvalue weighted by Crippen LogP contribution is 2.44. The molecular weight excluding hydrogens is 248 g/mol. The molecule has 0 aliphatic carbocycles. The molecule has 4 heteroatoms. The Bertz CT molecular complexity index is 465. The maximum absolute atomic E-state index is 13.4. The molecule has 4 atom stereocenters. The lowest BCUT2D eigenvalue weighted by atomic mass is 9.81. The lowest BCUT2D eigenvalue weighted by Crippen LogP contribution is -2.33. The molecule has 19 heavy (non-hydrogen) atoms. The molecule has 2 fully saturated rings. The minimum absolute atomic E-state index is 0.0513. The van der Waals surface area contributed by atoms with E-state index in [0.29, 0.717) is 12.0 Å². The van der Waals surface area contributed by atoms with E-state index in [1.54, 1.807) is 6.07 Å². The van der Waals surface area contributed by atoms with Crippen LogP contribution in [0, 0.1) is 17.6 Å². The first-order chi connectivity index (χ1) is 9.19. The average molecular weight is 267 g/mol. The lowest BCUT2D eigenvalue weighted by Gasteiger charge is -2.29. The van der Waals surface area contributed by atoms with Crippen molar-refractivity contribution in [3.63, 3.8) is 0 Å². The summed E-state index contributed by atoms with van der Waals surface area (Å²) >= 11 is 0. The summed E-state index contributed by atoms with van der Waals surface area (Å²) in [7, 11) is 0. The molecular formula is C15H19F2NO. The van der Waals surface area contributed by atoms with Crippen LogP contribution in [0.2, 0.25) is 0 Å². The Morgan fingerprint density at radius 3 is 2.74 bits per heavy atom. The number of rotatable bonds is 4. The van der Waals surface area contributed by atoms with Crippen LogP contribution in [0.1, 0.15) is 37.8 Å². The fourth-order valence-electron chi connectivity index (χ4n) is 3.47. The molecule has 2 bridgehead atoms. The van der Waals surface area contributed by atoms with Gasteiger partial charge in [0.25, 0.3) is 0 Å². The summed E-state index contributed by atoms with van der Waals surface area (Å²) in [6, 6.07) is 4.26. The molecule has 3 rings (SSSR count). The van der Waals surface area contributed by atoms with Crippen LogP contribution in [0.5, 0.6) is 0 Å². The van der Waals surface area contributed by atoms with Gasteiger partial charge in [0.2, 0.25) is 0 Å². The van der Waals surface area contributed by atoms with Crippen LogP contribution in [-0.2, 0) is 4.74 Å². The molecule has 2 nitrogen and oxygen atoms in total. The van der Waals surface area contributed by atoms with E-state index >= 15 is 0 Å². The minimum atomic E-state index is -0.789. The van der Waals surface area contributed by atoms with Gasteiger partial charge in [-0.3, -0.25) is 0 Å². The summed E-state index contributed by atoms with van der Waals surface area (Å²) in [6.07, 6.45) is 3.86. The quantitative estimate of drug-likeness (QED) is 0.904. The van der Waals surface area contributed by atoms with Crippen LogP contribution in [0.25, 0.3) is 0 Å². The second-order valence-electron chi connectivity index (χ2n) is 5.48. The van der Waals surface area contributed by atoms with E-state index in [9.17, 15) is 8.78 Å². The maximum Gasteiger partial charge on any atom is 0.159 e. The Hall–Kier alpha value is -1.00. The SMILES string of the molecule is CCNC(c1ccc(F)c(F)c1)C1CC2CCC1O2. The summed E-state index contributed by atoms with van der Waals surface area (Å²) in [5, 5.41) is 3.40. The number of fused-ring (bicyclic) bond motifs is 2. The van der Waals surface area contributed by atoms with Gasteiger partial charge in [0.15, 0.2) is 11.6 Å². The van der Waals surface area contributed by atoms with Crippen LogP contribution in [0.15, 0.2) is 18.2 Å². The van der Waals surface area contributed by atoms with Gasteiger partial charge in [0, 0.05) is 12.0 Å². The first-order valence-electron chi connectivity index (χ1n) is 7.03. The van der Waals surface area contributed by atoms with E-state index < -0.39 is 11.6 Å². The van der Waals surface area contributed by atoms with Gasteiger partial charge in [-0.2, -0.15) is 0 Å². The lowest BCUT2D eigenvalue weighted by molar-refractivity contribution is 0.0858. The number of hydrogen-bond donors (Lipinski definition) is 1. The zero-order valence-corrected chi connectivity index (χ0v) is 11.0. The fraction of sp³-hybridized carbons (Fsp3) is 0.600. The van der Waals surface area contributed by atoms with Crippen molar-refractivity contribution in [1.82, 2.24) is 5.32 Å². The van der Waals surface area contributed by atoms with Crippen molar-refractivity contribution in [2.24, 2.45) is 5.92 Å². The van der Waals surface area contributed by atoms with Gasteiger partial charge in [0.05, 0.1) is 12.2 Å². The van der Waals surface area contributed by atoms with Gasteiger partial charge in [0.1, 0.15) is 0 Å². The van der Waals surface area contributed by atoms with E-state index in [0.717, 1.165) is 31.4 Å². The molecule has 1 aromatic carbocycles. The molecule has 4 unspecified atom stereocenters. The van der Waals surface area contributed by atoms with E-state index in [1.165, 1.54) is 12.1 Å². The largest absolute Gasteiger partial charge is 0.375 e. The molecule has 0 radical (unpaired) electrons. The van der Waals surface area contributed by atoms with Crippen LogP contribution in [0.4, 0.5) is 8.78 Å². The van der Waals surface area contributed by atoms with Crippen LogP contribution >= 0.6 is 0 Å². The smallest absolute Gasteiger partial charge is 0.159 e. The summed E-state index contributed by atoms with van der Waals surface area (Å²) in [6.45, 7) is 2.83. The molecule has 0 aromatic heterocycles. The van der Waals surface area contributed by atoms with E-state index in [4.69, 9.17) is 4.74 Å². The first-order valence-corrected chi connectivity index (χ1v) is 7.03. The summed E-state index contributed by atoms with van der Waals surface area (Å²) < 4.78 is 32.4. The van der Waals surface area contributed by atoms with E-state index in [1.807, 2.05) is 6.92 Å². The molecule has 104 valence electrons. The molecule has 1 N–H and O–H groups in total. The molecule has 0 amide bonds. The predicted molar refractivity (Wildman–Crippen MR) is 68.8 cm³/mol. The van der Waals surface area contributed by atoms with Crippen molar-refractivity contribution in [1.29, 1.82) is 0 Å². The molecule has 2 aliphatic rings. The van der Waals surface area contributed by atoms with Crippen molar-refractivity contribution in [2.75, 3.05) is 6.54 Å². The summed E-state index contributed by atoms with van der Waals surface area (Å²) in [5.41, 5.74) is 0.821. The first kappa shape index (κ1) is 13.0. The highest BCUT2D eigenvalue weighted by atomic mass is 19.2. The Morgan fingerprint density at radius 2 is 2.16 bits per heavy atom. The van der Waals surface area contributed by atoms with Crippen molar-refractivity contribution in [3.8, 4) is 0 Å². The standard InChI is InChI=1S/C15H19F2NO/c1-2-18-15(9-3-5-12(16)13(17)7-9)11-8-10-4-6-14(11)19-10/h3,5,7,10-11,14-15,18H,2,4,6,8H2,1H3. The number of nitrogens with one attached hydrogen (secondary N) is 1. The molecule has 2 saturated heterocycles. The Labute approximate surface area is 112 Å². The molecule has 2 aliphatic heterocycles. The van der Waals surface area contributed by atoms with Crippen LogP contribution < -0.4 is 5.32 Å². The van der Waals surface area contributed by atoms with Crippen molar-refractivity contribution >= 4 is 0 Å². The second-order valence-corrected chi connectivity index (χ2v) is 5.48. The third-order valence-electron chi connectivity index (χ3n) is 4.31. The molecule has 2 heterocycles. The molecule has 0 spiro atoms. The highest BCUT2D eigenvalue weighted by molar-refractivity contribution is 5.23. The van der Waals surface area contributed by atoms with Crippen LogP contribution in [0.3, 0.4) is 0 Å². The van der Waals surface area contributed by atoms with Crippen molar-refractivity contribution in [3.05, 3.63) is 35.4 Å². The van der Waals surface area contributed by atoms with Gasteiger partial charge in [-0.15, -0.1) is 0 Å². The maximum atomic E-state index is 13.4. The Balaban J connectivity index is 1.85. The summed E-state index contributed by atoms with van der Waals surface area (Å²) in [5.74, 6) is -1.20. The molecule has 1 aromatic rings. The fourth-order valence-corrected chi connectivity index (χ4v) is 3.47. The third kappa shape index (κ3) is 2.39. The minimum Gasteiger partial charge on any atom is -0.375 e. The summed E-state index contributed by atoms with van der Waals surface area (Å²) in [4.78, 5) is 0. The third-order valence-corrected chi connectivity index (χ3v) is 4.31. The Morgan fingerprint density at radius 1 is 1.32 bits per heavy atom. The zero-order chi connectivity index (χ0) is 13.4. The normalized spacial score (nSPS) is 30.8. The van der Waals surface area contributed by atoms with Crippen molar-refractivity contribution in [2.45, 2.75) is 44.4 Å². The molecule has 0 saturated carbocycles. The number of benzene rings is 1. The van der Waals surface area contributed by atoms with Gasteiger partial charge < -0.3 is 10.1 Å². The number of hydrogen-bond acceptors (Lipinski definition) is 2. The van der Waals surface area contributed by atoms with Crippen LogP contribution in [-0.4, -0.2) is 18.8 Å². The monoisotopic (exact) mass is 267 g/mol. The predicted octanol–water partition coefficient (Wildman–Crippen LogP) is 3.18. The second kappa shape index (κ2) is 5.17. The number of ether oxygens (including phenoxy) is 1.